The van der Waals surface area contributed by atoms with Crippen LogP contribution in [0.5, 0.6) is 5.75 Å². The molecule has 4 rings (SSSR count). The van der Waals surface area contributed by atoms with Crippen molar-refractivity contribution in [1.29, 1.82) is 0 Å². The van der Waals surface area contributed by atoms with Gasteiger partial charge < -0.3 is 24.7 Å². The normalized spacial score (nSPS) is 19.8. The number of ether oxygens (including phenoxy) is 2. The van der Waals surface area contributed by atoms with Gasteiger partial charge in [0, 0.05) is 22.0 Å². The molecule has 198 valence electrons. The zero-order chi connectivity index (χ0) is 26.6. The molecular formula is C28H32F3N3O2S. The second-order valence-corrected chi connectivity index (χ2v) is 10.1. The van der Waals surface area contributed by atoms with Gasteiger partial charge in [0.1, 0.15) is 12.3 Å². The number of thioether (sulfide) groups is 1. The molecule has 0 bridgehead atoms. The van der Waals surface area contributed by atoms with Gasteiger partial charge in [0.25, 0.3) is 0 Å². The van der Waals surface area contributed by atoms with E-state index in [9.17, 15) is 13.2 Å². The Morgan fingerprint density at radius 1 is 1.11 bits per heavy atom. The van der Waals surface area contributed by atoms with Crippen LogP contribution in [0.15, 0.2) is 47.4 Å². The molecule has 0 saturated carbocycles. The fourth-order valence-electron chi connectivity index (χ4n) is 4.83. The predicted molar refractivity (Wildman–Crippen MR) is 145 cm³/mol. The molecule has 37 heavy (non-hydrogen) atoms. The number of methoxy groups -OCH3 is 1. The molecule has 2 aromatic carbocycles. The Bertz CT molecular complexity index is 1290. The summed E-state index contributed by atoms with van der Waals surface area (Å²) in [5.41, 5.74) is 2.41. The summed E-state index contributed by atoms with van der Waals surface area (Å²) < 4.78 is 53.1. The van der Waals surface area contributed by atoms with E-state index in [2.05, 4.69) is 22.5 Å². The van der Waals surface area contributed by atoms with Crippen LogP contribution in [0.25, 0.3) is 10.9 Å². The Morgan fingerprint density at radius 2 is 1.86 bits per heavy atom. The fraction of sp³-hybridized carbons (Fsp3) is 0.429. The molecule has 0 aliphatic carbocycles. The average Bonchev–Trinajstić information content (AvgIpc) is 3.18. The van der Waals surface area contributed by atoms with Crippen molar-refractivity contribution in [2.75, 3.05) is 30.5 Å². The maximum Gasteiger partial charge on any atom is 0.406 e. The van der Waals surface area contributed by atoms with Crippen LogP contribution in [0.2, 0.25) is 0 Å². The molecule has 1 aliphatic rings. The first-order valence-corrected chi connectivity index (χ1v) is 13.4. The van der Waals surface area contributed by atoms with Gasteiger partial charge in [0.2, 0.25) is 0 Å². The first kappa shape index (κ1) is 27.1. The first-order chi connectivity index (χ1) is 17.7. The smallest absolute Gasteiger partial charge is 0.406 e. The van der Waals surface area contributed by atoms with Gasteiger partial charge in [0.15, 0.2) is 0 Å². The lowest BCUT2D eigenvalue weighted by Crippen LogP contribution is -2.36. The van der Waals surface area contributed by atoms with Gasteiger partial charge >= 0.3 is 6.18 Å². The summed E-state index contributed by atoms with van der Waals surface area (Å²) >= 11 is 1.61. The summed E-state index contributed by atoms with van der Waals surface area (Å²) in [4.78, 5) is 1.07. The van der Waals surface area contributed by atoms with E-state index in [0.717, 1.165) is 34.5 Å². The van der Waals surface area contributed by atoms with Crippen LogP contribution in [0.3, 0.4) is 0 Å². The second-order valence-electron chi connectivity index (χ2n) is 9.26. The molecule has 1 aromatic heterocycles. The molecule has 9 heteroatoms. The number of aromatic nitrogens is 1. The number of nitrogens with zero attached hydrogens (tertiary/aromatic N) is 1. The summed E-state index contributed by atoms with van der Waals surface area (Å²) in [7, 11) is 1.60. The second kappa shape index (κ2) is 11.6. The molecule has 0 radical (unpaired) electrons. The van der Waals surface area contributed by atoms with Crippen LogP contribution in [0.4, 0.5) is 24.5 Å². The SMILES string of the molecule is COc1cc(SC)ccc1NCC#Cc1cc2c(NC3CC(C)OC(C)C3)cccc2n1CC(F)(F)F. The number of alkyl halides is 3. The van der Waals surface area contributed by atoms with E-state index in [1.807, 2.05) is 44.4 Å². The summed E-state index contributed by atoms with van der Waals surface area (Å²) in [6, 6.07) is 13.1. The quantitative estimate of drug-likeness (QED) is 0.260. The number of rotatable bonds is 7. The third kappa shape index (κ3) is 6.88. The van der Waals surface area contributed by atoms with Gasteiger partial charge in [-0.25, -0.2) is 0 Å². The zero-order valence-electron chi connectivity index (χ0n) is 21.4. The Morgan fingerprint density at radius 3 is 2.54 bits per heavy atom. The zero-order valence-corrected chi connectivity index (χ0v) is 22.2. The largest absolute Gasteiger partial charge is 0.495 e. The van der Waals surface area contributed by atoms with Crippen LogP contribution in [-0.4, -0.2) is 48.9 Å². The van der Waals surface area contributed by atoms with Crippen molar-refractivity contribution in [3.05, 3.63) is 48.2 Å². The molecule has 1 aliphatic heterocycles. The predicted octanol–water partition coefficient (Wildman–Crippen LogP) is 6.77. The topological polar surface area (TPSA) is 47.4 Å². The third-order valence-corrected chi connectivity index (χ3v) is 7.06. The molecule has 0 amide bonds. The Kier molecular flexibility index (Phi) is 8.50. The van der Waals surface area contributed by atoms with E-state index >= 15 is 0 Å². The number of fused-ring (bicyclic) bond motifs is 1. The van der Waals surface area contributed by atoms with Crippen molar-refractivity contribution in [3.63, 3.8) is 0 Å². The molecule has 0 spiro atoms. The molecule has 2 N–H and O–H groups in total. The van der Waals surface area contributed by atoms with Crippen LogP contribution >= 0.6 is 11.8 Å². The lowest BCUT2D eigenvalue weighted by Gasteiger charge is -2.33. The highest BCUT2D eigenvalue weighted by atomic mass is 32.2. The van der Waals surface area contributed by atoms with Crippen molar-refractivity contribution >= 4 is 34.0 Å². The molecule has 3 aromatic rings. The Labute approximate surface area is 220 Å². The van der Waals surface area contributed by atoms with Gasteiger partial charge in [-0.3, -0.25) is 0 Å². The lowest BCUT2D eigenvalue weighted by molar-refractivity contribution is -0.140. The minimum atomic E-state index is -4.37. The van der Waals surface area contributed by atoms with E-state index in [-0.39, 0.29) is 24.8 Å². The number of hydrogen-bond donors (Lipinski definition) is 2. The molecule has 2 atom stereocenters. The Hall–Kier alpha value is -2.96. The minimum absolute atomic E-state index is 0.125. The average molecular weight is 532 g/mol. The highest BCUT2D eigenvalue weighted by molar-refractivity contribution is 7.98. The van der Waals surface area contributed by atoms with Crippen LogP contribution in [0.1, 0.15) is 32.4 Å². The van der Waals surface area contributed by atoms with Crippen LogP contribution < -0.4 is 15.4 Å². The first-order valence-electron chi connectivity index (χ1n) is 12.2. The van der Waals surface area contributed by atoms with E-state index in [1.165, 1.54) is 4.57 Å². The standard InChI is InChI=1S/C28H32F3N3O2S/c1-18-13-20(14-19(2)36-18)33-24-8-5-9-26-23(24)15-21(34(26)17-28(29,30)31)7-6-12-32-25-11-10-22(37-4)16-27(25)35-3/h5,8-11,15-16,18-20,32-33H,12-14,17H2,1-4H3. The van der Waals surface area contributed by atoms with E-state index in [4.69, 9.17) is 9.47 Å². The van der Waals surface area contributed by atoms with Gasteiger partial charge in [-0.05, 0) is 75.3 Å². The lowest BCUT2D eigenvalue weighted by atomic mass is 9.99. The Balaban J connectivity index is 1.60. The number of nitrogens with one attached hydrogen (secondary N) is 2. The summed E-state index contributed by atoms with van der Waals surface area (Å²) in [6.07, 6.45) is -0.464. The number of benzene rings is 2. The highest BCUT2D eigenvalue weighted by Gasteiger charge is 2.30. The number of hydrogen-bond acceptors (Lipinski definition) is 5. The van der Waals surface area contributed by atoms with Crippen LogP contribution in [-0.2, 0) is 11.3 Å². The van der Waals surface area contributed by atoms with E-state index in [1.54, 1.807) is 37.1 Å². The summed E-state index contributed by atoms with van der Waals surface area (Å²) in [6.45, 7) is 3.23. The van der Waals surface area contributed by atoms with Gasteiger partial charge in [-0.15, -0.1) is 11.8 Å². The van der Waals surface area contributed by atoms with Crippen molar-refractivity contribution in [2.45, 2.75) is 62.6 Å². The molecule has 1 saturated heterocycles. The maximum atomic E-state index is 13.5. The minimum Gasteiger partial charge on any atom is -0.495 e. The number of anilines is 2. The third-order valence-electron chi connectivity index (χ3n) is 6.33. The van der Waals surface area contributed by atoms with E-state index in [0.29, 0.717) is 17.0 Å². The van der Waals surface area contributed by atoms with Gasteiger partial charge in [-0.1, -0.05) is 12.0 Å². The van der Waals surface area contributed by atoms with Crippen molar-refractivity contribution in [1.82, 2.24) is 4.57 Å². The molecular weight excluding hydrogens is 499 g/mol. The highest BCUT2D eigenvalue weighted by Crippen LogP contribution is 2.32. The summed E-state index contributed by atoms with van der Waals surface area (Å²) in [5, 5.41) is 7.47. The fourth-order valence-corrected chi connectivity index (χ4v) is 5.25. The molecule has 1 fully saturated rings. The van der Waals surface area contributed by atoms with Crippen molar-refractivity contribution in [3.8, 4) is 17.6 Å². The molecule has 2 unspecified atom stereocenters. The monoisotopic (exact) mass is 531 g/mol. The molecule has 2 heterocycles. The number of halogens is 3. The van der Waals surface area contributed by atoms with Crippen molar-refractivity contribution < 1.29 is 22.6 Å². The van der Waals surface area contributed by atoms with Crippen molar-refractivity contribution in [2.24, 2.45) is 0 Å². The molecule has 5 nitrogen and oxygen atoms in total. The summed E-state index contributed by atoms with van der Waals surface area (Å²) in [5.74, 6) is 6.63. The van der Waals surface area contributed by atoms with Gasteiger partial charge in [-0.2, -0.15) is 13.2 Å². The van der Waals surface area contributed by atoms with Crippen LogP contribution in [0, 0.1) is 11.8 Å². The van der Waals surface area contributed by atoms with E-state index < -0.39 is 12.7 Å². The van der Waals surface area contributed by atoms with Gasteiger partial charge in [0.05, 0.1) is 42.8 Å². The maximum absolute atomic E-state index is 13.5.